The topological polar surface area (TPSA) is 91.8 Å². The van der Waals surface area contributed by atoms with Gasteiger partial charge >= 0.3 is 0 Å². The van der Waals surface area contributed by atoms with Gasteiger partial charge in [-0.15, -0.1) is 11.3 Å². The molecule has 0 saturated carbocycles. The Bertz CT molecular complexity index is 1400. The molecule has 2 aliphatic rings. The van der Waals surface area contributed by atoms with E-state index in [2.05, 4.69) is 10.3 Å². The number of carbonyl (C=O) groups excluding carboxylic acids is 3. The van der Waals surface area contributed by atoms with Gasteiger partial charge in [-0.05, 0) is 48.9 Å². The molecule has 9 heteroatoms. The van der Waals surface area contributed by atoms with E-state index in [1.165, 1.54) is 0 Å². The Morgan fingerprint density at radius 1 is 1.21 bits per heavy atom. The van der Waals surface area contributed by atoms with Gasteiger partial charge in [0.1, 0.15) is 17.8 Å². The zero-order chi connectivity index (χ0) is 27.7. The van der Waals surface area contributed by atoms with Crippen molar-refractivity contribution in [2.75, 3.05) is 13.7 Å². The van der Waals surface area contributed by atoms with Crippen LogP contribution in [-0.2, 0) is 22.7 Å². The highest BCUT2D eigenvalue weighted by molar-refractivity contribution is 7.13. The molecule has 1 fully saturated rings. The van der Waals surface area contributed by atoms with Crippen LogP contribution in [0.4, 0.5) is 0 Å². The Balaban J connectivity index is 1.28. The first-order chi connectivity index (χ1) is 18.8. The van der Waals surface area contributed by atoms with Crippen molar-refractivity contribution in [1.29, 1.82) is 0 Å². The molecule has 1 unspecified atom stereocenters. The molecule has 5 rings (SSSR count). The molecule has 204 valence electrons. The lowest BCUT2D eigenvalue weighted by molar-refractivity contribution is -0.143. The highest BCUT2D eigenvalue weighted by Crippen LogP contribution is 2.33. The summed E-state index contributed by atoms with van der Waals surface area (Å²) in [7, 11) is 1.62. The first kappa shape index (κ1) is 26.9. The summed E-state index contributed by atoms with van der Waals surface area (Å²) in [6, 6.07) is 12.2. The fourth-order valence-electron chi connectivity index (χ4n) is 5.66. The number of nitrogens with one attached hydrogen (secondary N) is 1. The van der Waals surface area contributed by atoms with Gasteiger partial charge in [-0.1, -0.05) is 44.2 Å². The summed E-state index contributed by atoms with van der Waals surface area (Å²) in [5, 5.41) is 3.02. The lowest BCUT2D eigenvalue weighted by atomic mass is 10.0. The maximum atomic E-state index is 13.9. The van der Waals surface area contributed by atoms with Crippen molar-refractivity contribution in [2.45, 2.75) is 58.8 Å². The number of carbonyl (C=O) groups is 3. The second kappa shape index (κ2) is 11.2. The Labute approximate surface area is 233 Å². The van der Waals surface area contributed by atoms with Gasteiger partial charge in [0.25, 0.3) is 5.91 Å². The number of thiazole rings is 1. The monoisotopic (exact) mass is 546 g/mol. The van der Waals surface area contributed by atoms with Crippen LogP contribution in [0.15, 0.2) is 48.0 Å². The van der Waals surface area contributed by atoms with Gasteiger partial charge < -0.3 is 19.9 Å². The first-order valence-electron chi connectivity index (χ1n) is 13.3. The molecule has 39 heavy (non-hydrogen) atoms. The van der Waals surface area contributed by atoms with Crippen molar-refractivity contribution in [1.82, 2.24) is 20.1 Å². The number of aromatic nitrogens is 1. The van der Waals surface area contributed by atoms with Crippen LogP contribution in [-0.4, -0.2) is 58.2 Å². The summed E-state index contributed by atoms with van der Waals surface area (Å²) in [6.45, 7) is 7.08. The molecule has 0 aliphatic carbocycles. The first-order valence-corrected chi connectivity index (χ1v) is 14.2. The molecule has 0 spiro atoms. The van der Waals surface area contributed by atoms with Crippen LogP contribution in [0.1, 0.15) is 53.9 Å². The number of fused-ring (bicyclic) bond motifs is 1. The maximum Gasteiger partial charge on any atom is 0.255 e. The van der Waals surface area contributed by atoms with Gasteiger partial charge in [-0.2, -0.15) is 0 Å². The normalized spacial score (nSPS) is 17.5. The van der Waals surface area contributed by atoms with E-state index in [0.717, 1.165) is 33.7 Å². The molecule has 3 aromatic rings. The Kier molecular flexibility index (Phi) is 7.70. The van der Waals surface area contributed by atoms with Crippen molar-refractivity contribution in [3.05, 3.63) is 70.4 Å². The van der Waals surface area contributed by atoms with E-state index in [9.17, 15) is 14.4 Å². The zero-order valence-electron chi connectivity index (χ0n) is 22.8. The molecule has 3 amide bonds. The van der Waals surface area contributed by atoms with Crippen LogP contribution >= 0.6 is 11.3 Å². The average molecular weight is 547 g/mol. The van der Waals surface area contributed by atoms with Crippen molar-refractivity contribution >= 4 is 29.1 Å². The van der Waals surface area contributed by atoms with Crippen LogP contribution in [0.2, 0.25) is 0 Å². The molecule has 1 aromatic heterocycles. The third-order valence-electron chi connectivity index (χ3n) is 7.66. The van der Waals surface area contributed by atoms with Crippen LogP contribution in [0.5, 0.6) is 5.75 Å². The van der Waals surface area contributed by atoms with Gasteiger partial charge in [-0.25, -0.2) is 4.98 Å². The third-order valence-corrected chi connectivity index (χ3v) is 8.63. The van der Waals surface area contributed by atoms with Crippen LogP contribution in [0, 0.1) is 12.8 Å². The number of benzene rings is 2. The fourth-order valence-corrected chi connectivity index (χ4v) is 6.47. The second-order valence-corrected chi connectivity index (χ2v) is 11.3. The molecule has 2 atom stereocenters. The summed E-state index contributed by atoms with van der Waals surface area (Å²) in [4.78, 5) is 49.1. The molecule has 2 aliphatic heterocycles. The number of ether oxygens (including phenoxy) is 1. The number of amides is 3. The minimum absolute atomic E-state index is 0.0926. The quantitative estimate of drug-likeness (QED) is 0.452. The smallest absolute Gasteiger partial charge is 0.255 e. The summed E-state index contributed by atoms with van der Waals surface area (Å²) in [5.41, 5.74) is 6.25. The van der Waals surface area contributed by atoms with Gasteiger partial charge in [-0.3, -0.25) is 14.4 Å². The van der Waals surface area contributed by atoms with E-state index < -0.39 is 12.1 Å². The standard InChI is InChI=1S/C30H34N4O4S/c1-18(2)26(34-16-22-8-5-6-9-23(22)29(34)36)30(37)33-13-7-10-24(33)28(35)31-15-21-12-11-20(14-25(21)38-4)27-19(3)32-17-39-27/h5-6,8-9,11-12,14,17-18,24,26H,7,10,13,15-16H2,1-4H3,(H,31,35)/t24-,26?/m0/s1. The summed E-state index contributed by atoms with van der Waals surface area (Å²) in [5.74, 6) is 0.119. The van der Waals surface area contributed by atoms with Crippen molar-refractivity contribution in [3.8, 4) is 16.2 Å². The number of aryl methyl sites for hydroxylation is 1. The zero-order valence-corrected chi connectivity index (χ0v) is 23.6. The van der Waals surface area contributed by atoms with Gasteiger partial charge in [0.05, 0.1) is 23.2 Å². The van der Waals surface area contributed by atoms with E-state index in [1.807, 2.05) is 68.7 Å². The van der Waals surface area contributed by atoms with E-state index >= 15 is 0 Å². The van der Waals surface area contributed by atoms with Crippen molar-refractivity contribution in [2.24, 2.45) is 5.92 Å². The summed E-state index contributed by atoms with van der Waals surface area (Å²) in [6.07, 6.45) is 1.34. The summed E-state index contributed by atoms with van der Waals surface area (Å²) < 4.78 is 5.62. The predicted octanol–water partition coefficient (Wildman–Crippen LogP) is 4.41. The molecular formula is C30H34N4O4S. The Hall–Kier alpha value is -3.72. The van der Waals surface area contributed by atoms with Crippen LogP contribution in [0.3, 0.4) is 0 Å². The lowest BCUT2D eigenvalue weighted by Gasteiger charge is -2.35. The number of likely N-dealkylation sites (tertiary alicyclic amines) is 1. The highest BCUT2D eigenvalue weighted by Gasteiger charge is 2.43. The Morgan fingerprint density at radius 3 is 2.69 bits per heavy atom. The SMILES string of the molecule is COc1cc(-c2scnc2C)ccc1CNC(=O)[C@@H]1CCCN1C(=O)C(C(C)C)N1Cc2ccccc2C1=O. The molecule has 8 nitrogen and oxygen atoms in total. The largest absolute Gasteiger partial charge is 0.496 e. The maximum absolute atomic E-state index is 13.9. The van der Waals surface area contributed by atoms with Gasteiger partial charge in [0.15, 0.2) is 0 Å². The van der Waals surface area contributed by atoms with E-state index in [0.29, 0.717) is 30.8 Å². The highest BCUT2D eigenvalue weighted by atomic mass is 32.1. The minimum Gasteiger partial charge on any atom is -0.496 e. The number of nitrogens with zero attached hydrogens (tertiary/aromatic N) is 3. The predicted molar refractivity (Wildman–Crippen MR) is 150 cm³/mol. The molecule has 1 saturated heterocycles. The third kappa shape index (κ3) is 5.15. The molecule has 1 N–H and O–H groups in total. The van der Waals surface area contributed by atoms with E-state index in [-0.39, 0.29) is 30.2 Å². The van der Waals surface area contributed by atoms with Crippen LogP contribution < -0.4 is 10.1 Å². The fraction of sp³-hybridized carbons (Fsp3) is 0.400. The number of rotatable bonds is 8. The lowest BCUT2D eigenvalue weighted by Crippen LogP contribution is -2.55. The van der Waals surface area contributed by atoms with Crippen LogP contribution in [0.25, 0.3) is 10.4 Å². The number of hydrogen-bond acceptors (Lipinski definition) is 6. The molecular weight excluding hydrogens is 512 g/mol. The van der Waals surface area contributed by atoms with Crippen molar-refractivity contribution < 1.29 is 19.1 Å². The Morgan fingerprint density at radius 2 is 2.00 bits per heavy atom. The molecule has 0 radical (unpaired) electrons. The van der Waals surface area contributed by atoms with Gasteiger partial charge in [0.2, 0.25) is 11.8 Å². The second-order valence-electron chi connectivity index (χ2n) is 10.5. The van der Waals surface area contributed by atoms with Crippen molar-refractivity contribution in [3.63, 3.8) is 0 Å². The average Bonchev–Trinajstić information content (AvgIpc) is 3.67. The molecule has 3 heterocycles. The number of methoxy groups -OCH3 is 1. The number of hydrogen-bond donors (Lipinski definition) is 1. The molecule has 2 aromatic carbocycles. The summed E-state index contributed by atoms with van der Waals surface area (Å²) >= 11 is 1.58. The van der Waals surface area contributed by atoms with Gasteiger partial charge in [0, 0.05) is 30.8 Å². The minimum atomic E-state index is -0.624. The van der Waals surface area contributed by atoms with E-state index in [1.54, 1.807) is 28.2 Å². The molecule has 0 bridgehead atoms. The van der Waals surface area contributed by atoms with E-state index in [4.69, 9.17) is 4.74 Å².